The third kappa shape index (κ3) is 3.74. The summed E-state index contributed by atoms with van der Waals surface area (Å²) in [6.07, 6.45) is 2.88. The molecule has 2 aromatic carbocycles. The highest BCUT2D eigenvalue weighted by atomic mass is 33.1. The van der Waals surface area contributed by atoms with Crippen LogP contribution in [0, 0.1) is 0 Å². The first kappa shape index (κ1) is 20.3. The van der Waals surface area contributed by atoms with Crippen molar-refractivity contribution in [2.45, 2.75) is 10.3 Å². The SMILES string of the molecule is c1ccc(-n2c(SSc3nnc(-c4ncn[nH]4)n3-c3ccccc3)nnc2-c2ncn[nH]2)cc1. The van der Waals surface area contributed by atoms with Gasteiger partial charge in [-0.1, -0.05) is 36.4 Å². The Bertz CT molecular complexity index is 1380. The standard InChI is InChI=1S/C20H14N12S2/c1-3-7-13(8-4-1)31-17(15-21-11-23-25-15)27-29-19(31)33-34-20-30-28-18(16-22-12-24-26-16)32(20)14-9-5-2-6-10-14/h1-12H,(H,21,23,25)(H,22,24,26). The summed E-state index contributed by atoms with van der Waals surface area (Å²) in [6.45, 7) is 0. The lowest BCUT2D eigenvalue weighted by molar-refractivity contribution is 0.882. The lowest BCUT2D eigenvalue weighted by atomic mass is 10.3. The van der Waals surface area contributed by atoms with Crippen molar-refractivity contribution in [3.63, 3.8) is 0 Å². The molecule has 6 rings (SSSR count). The molecule has 0 atom stereocenters. The van der Waals surface area contributed by atoms with Crippen LogP contribution in [-0.2, 0) is 0 Å². The lowest BCUT2D eigenvalue weighted by Gasteiger charge is -2.10. The van der Waals surface area contributed by atoms with Crippen LogP contribution in [0.1, 0.15) is 0 Å². The summed E-state index contributed by atoms with van der Waals surface area (Å²) in [5.41, 5.74) is 1.79. The smallest absolute Gasteiger partial charge is 0.207 e. The number of nitrogens with one attached hydrogen (secondary N) is 2. The molecule has 0 unspecified atom stereocenters. The molecule has 14 heteroatoms. The molecule has 0 amide bonds. The van der Waals surface area contributed by atoms with Crippen molar-refractivity contribution in [2.75, 3.05) is 0 Å². The monoisotopic (exact) mass is 486 g/mol. The molecule has 166 valence electrons. The molecule has 0 radical (unpaired) electrons. The fourth-order valence-electron chi connectivity index (χ4n) is 3.28. The zero-order valence-corrected chi connectivity index (χ0v) is 18.8. The Kier molecular flexibility index (Phi) is 5.33. The van der Waals surface area contributed by atoms with Crippen LogP contribution in [-0.4, -0.2) is 59.9 Å². The number of nitrogens with zero attached hydrogens (tertiary/aromatic N) is 10. The zero-order chi connectivity index (χ0) is 22.7. The number of hydrogen-bond acceptors (Lipinski definition) is 10. The number of hydrogen-bond donors (Lipinski definition) is 2. The average Bonchev–Trinajstić information content (AvgIpc) is 3.69. The Morgan fingerprint density at radius 2 is 1.00 bits per heavy atom. The Labute approximate surface area is 199 Å². The first-order valence-corrected chi connectivity index (χ1v) is 12.1. The van der Waals surface area contributed by atoms with Crippen LogP contribution in [0.5, 0.6) is 0 Å². The molecular formula is C20H14N12S2. The van der Waals surface area contributed by atoms with Crippen LogP contribution in [0.4, 0.5) is 0 Å². The van der Waals surface area contributed by atoms with Crippen molar-refractivity contribution < 1.29 is 0 Å². The van der Waals surface area contributed by atoms with Crippen LogP contribution in [0.3, 0.4) is 0 Å². The quantitative estimate of drug-likeness (QED) is 0.323. The molecule has 0 bridgehead atoms. The van der Waals surface area contributed by atoms with Crippen LogP contribution in [0.25, 0.3) is 34.7 Å². The second-order valence-corrected chi connectivity index (χ2v) is 8.85. The van der Waals surface area contributed by atoms with Crippen LogP contribution < -0.4 is 0 Å². The van der Waals surface area contributed by atoms with Gasteiger partial charge in [0, 0.05) is 11.4 Å². The molecule has 12 nitrogen and oxygen atoms in total. The van der Waals surface area contributed by atoms with Gasteiger partial charge in [0.15, 0.2) is 11.6 Å². The molecule has 0 spiro atoms. The van der Waals surface area contributed by atoms with Crippen molar-refractivity contribution in [3.05, 3.63) is 73.3 Å². The highest BCUT2D eigenvalue weighted by Crippen LogP contribution is 2.39. The van der Waals surface area contributed by atoms with E-state index < -0.39 is 0 Å². The third-order valence-electron chi connectivity index (χ3n) is 4.74. The molecule has 6 aromatic rings. The van der Waals surface area contributed by atoms with Gasteiger partial charge < -0.3 is 0 Å². The fraction of sp³-hybridized carbons (Fsp3) is 0. The van der Waals surface area contributed by atoms with Gasteiger partial charge in [-0.2, -0.15) is 10.2 Å². The highest BCUT2D eigenvalue weighted by molar-refractivity contribution is 8.76. The molecule has 0 saturated heterocycles. The van der Waals surface area contributed by atoms with E-state index in [1.807, 2.05) is 69.8 Å². The van der Waals surface area contributed by atoms with Crippen molar-refractivity contribution in [2.24, 2.45) is 0 Å². The fourth-order valence-corrected chi connectivity index (χ4v) is 5.20. The number of aromatic nitrogens is 12. The van der Waals surface area contributed by atoms with Crippen molar-refractivity contribution in [1.82, 2.24) is 59.9 Å². The first-order chi connectivity index (χ1) is 16.9. The molecule has 4 aromatic heterocycles. The van der Waals surface area contributed by atoms with E-state index in [0.29, 0.717) is 33.6 Å². The zero-order valence-electron chi connectivity index (χ0n) is 17.2. The summed E-state index contributed by atoms with van der Waals surface area (Å²) in [5.74, 6) is 2.15. The van der Waals surface area contributed by atoms with Crippen LogP contribution in [0.15, 0.2) is 83.6 Å². The Morgan fingerprint density at radius 3 is 1.38 bits per heavy atom. The van der Waals surface area contributed by atoms with Crippen molar-refractivity contribution in [3.8, 4) is 34.7 Å². The van der Waals surface area contributed by atoms with Gasteiger partial charge in [0.2, 0.25) is 22.0 Å². The summed E-state index contributed by atoms with van der Waals surface area (Å²) in [6, 6.07) is 19.6. The second kappa shape index (κ2) is 8.92. The van der Waals surface area contributed by atoms with Crippen LogP contribution in [0.2, 0.25) is 0 Å². The topological polar surface area (TPSA) is 145 Å². The Balaban J connectivity index is 1.39. The van der Waals surface area contributed by atoms with Gasteiger partial charge in [-0.15, -0.1) is 20.4 Å². The molecule has 4 heterocycles. The lowest BCUT2D eigenvalue weighted by Crippen LogP contribution is -2.01. The Morgan fingerprint density at radius 1 is 0.559 bits per heavy atom. The molecule has 0 fully saturated rings. The summed E-state index contributed by atoms with van der Waals surface area (Å²) in [7, 11) is 2.81. The third-order valence-corrected chi connectivity index (χ3v) is 6.79. The molecule has 0 aliphatic rings. The maximum atomic E-state index is 4.40. The molecule has 2 N–H and O–H groups in total. The predicted octanol–water partition coefficient (Wildman–Crippen LogP) is 3.22. The van der Waals surface area contributed by atoms with E-state index in [0.717, 1.165) is 11.4 Å². The van der Waals surface area contributed by atoms with E-state index in [4.69, 9.17) is 0 Å². The van der Waals surface area contributed by atoms with E-state index in [9.17, 15) is 0 Å². The normalized spacial score (nSPS) is 11.2. The van der Waals surface area contributed by atoms with Crippen molar-refractivity contribution >= 4 is 21.6 Å². The summed E-state index contributed by atoms with van der Waals surface area (Å²) < 4.78 is 3.83. The largest absolute Gasteiger partial charge is 0.267 e. The van der Waals surface area contributed by atoms with Gasteiger partial charge in [0.1, 0.15) is 12.7 Å². The number of benzene rings is 2. The second-order valence-electron chi connectivity index (χ2n) is 6.79. The summed E-state index contributed by atoms with van der Waals surface area (Å²) in [5, 5.41) is 32.4. The predicted molar refractivity (Wildman–Crippen MR) is 125 cm³/mol. The van der Waals surface area contributed by atoms with E-state index in [-0.39, 0.29) is 0 Å². The number of rotatable bonds is 7. The van der Waals surface area contributed by atoms with Gasteiger partial charge in [0.05, 0.1) is 0 Å². The highest BCUT2D eigenvalue weighted by Gasteiger charge is 2.22. The van der Waals surface area contributed by atoms with E-state index in [1.54, 1.807) is 0 Å². The summed E-state index contributed by atoms with van der Waals surface area (Å²) >= 11 is 0. The molecule has 0 aliphatic heterocycles. The van der Waals surface area contributed by atoms with Gasteiger partial charge in [-0.3, -0.25) is 19.3 Å². The molecule has 34 heavy (non-hydrogen) atoms. The average molecular weight is 487 g/mol. The van der Waals surface area contributed by atoms with Gasteiger partial charge >= 0.3 is 0 Å². The minimum absolute atomic E-state index is 0.522. The maximum absolute atomic E-state index is 4.40. The van der Waals surface area contributed by atoms with E-state index in [2.05, 4.69) is 50.8 Å². The molecule has 0 saturated carbocycles. The number of H-pyrrole nitrogens is 2. The van der Waals surface area contributed by atoms with Gasteiger partial charge in [-0.25, -0.2) is 9.97 Å². The van der Waals surface area contributed by atoms with Gasteiger partial charge in [-0.05, 0) is 45.9 Å². The number of aromatic amines is 2. The minimum Gasteiger partial charge on any atom is -0.267 e. The molecular weight excluding hydrogens is 472 g/mol. The number of para-hydroxylation sites is 2. The van der Waals surface area contributed by atoms with E-state index >= 15 is 0 Å². The van der Waals surface area contributed by atoms with Gasteiger partial charge in [0.25, 0.3) is 0 Å². The maximum Gasteiger partial charge on any atom is 0.207 e. The summed E-state index contributed by atoms with van der Waals surface area (Å²) in [4.78, 5) is 8.48. The van der Waals surface area contributed by atoms with Crippen molar-refractivity contribution in [1.29, 1.82) is 0 Å². The Hall–Kier alpha value is -4.30. The molecule has 0 aliphatic carbocycles. The minimum atomic E-state index is 0.522. The first-order valence-electron chi connectivity index (χ1n) is 9.96. The van der Waals surface area contributed by atoms with Crippen LogP contribution >= 0.6 is 21.6 Å². The van der Waals surface area contributed by atoms with E-state index in [1.165, 1.54) is 34.2 Å².